The van der Waals surface area contributed by atoms with E-state index in [9.17, 15) is 0 Å². The zero-order chi connectivity index (χ0) is 8.73. The van der Waals surface area contributed by atoms with Gasteiger partial charge in [0.05, 0.1) is 0 Å². The largest absolute Gasteiger partial charge is 0.307 e. The van der Waals surface area contributed by atoms with Gasteiger partial charge in [-0.05, 0) is 37.3 Å². The third-order valence-electron chi connectivity index (χ3n) is 3.81. The highest BCUT2D eigenvalue weighted by molar-refractivity contribution is 5.30. The first-order chi connectivity index (χ1) is 6.42. The molecule has 1 heteroatoms. The lowest BCUT2D eigenvalue weighted by Gasteiger charge is -2.45. The zero-order valence-electron chi connectivity index (χ0n) is 7.79. The molecule has 2 aliphatic rings. The smallest absolute Gasteiger partial charge is 0.0463 e. The van der Waals surface area contributed by atoms with Gasteiger partial charge in [-0.1, -0.05) is 30.3 Å². The maximum Gasteiger partial charge on any atom is 0.0463 e. The molecule has 13 heavy (non-hydrogen) atoms. The van der Waals surface area contributed by atoms with E-state index in [0.717, 1.165) is 5.92 Å². The first-order valence-corrected chi connectivity index (χ1v) is 5.22. The third-order valence-corrected chi connectivity index (χ3v) is 3.81. The van der Waals surface area contributed by atoms with Gasteiger partial charge >= 0.3 is 0 Å². The topological polar surface area (TPSA) is 12.0 Å². The van der Waals surface area contributed by atoms with E-state index in [1.807, 2.05) is 0 Å². The average Bonchev–Trinajstić information content (AvgIpc) is 2.45. The molecule has 0 amide bonds. The zero-order valence-corrected chi connectivity index (χ0v) is 7.79. The number of rotatable bonds is 1. The molecule has 1 saturated carbocycles. The van der Waals surface area contributed by atoms with E-state index in [1.54, 1.807) is 0 Å². The molecule has 1 aliphatic heterocycles. The Morgan fingerprint density at radius 1 is 1.15 bits per heavy atom. The molecule has 3 rings (SSSR count). The lowest BCUT2D eigenvalue weighted by Crippen LogP contribution is -2.48. The van der Waals surface area contributed by atoms with Crippen LogP contribution in [0.2, 0.25) is 0 Å². The van der Waals surface area contributed by atoms with Crippen LogP contribution in [0, 0.1) is 5.92 Å². The molecule has 1 N–H and O–H groups in total. The normalized spacial score (nSPS) is 36.8. The summed E-state index contributed by atoms with van der Waals surface area (Å²) in [4.78, 5) is 0. The van der Waals surface area contributed by atoms with Crippen LogP contribution in [0.1, 0.15) is 24.8 Å². The standard InChI is InChI=1S/C12H15N/c1-2-4-10(5-3-1)12-8-6-11(12)7-9-13-12/h1-5,11,13H,6-9H2. The minimum Gasteiger partial charge on any atom is -0.307 e. The fourth-order valence-electron chi connectivity index (χ4n) is 2.95. The van der Waals surface area contributed by atoms with Gasteiger partial charge in [0.1, 0.15) is 0 Å². The number of nitrogens with one attached hydrogen (secondary N) is 1. The van der Waals surface area contributed by atoms with Gasteiger partial charge in [-0.15, -0.1) is 0 Å². The number of fused-ring (bicyclic) bond motifs is 1. The monoisotopic (exact) mass is 173 g/mol. The number of hydrogen-bond donors (Lipinski definition) is 1. The predicted octanol–water partition coefficient (Wildman–Crippen LogP) is 2.29. The summed E-state index contributed by atoms with van der Waals surface area (Å²) in [6.07, 6.45) is 4.12. The third kappa shape index (κ3) is 0.910. The number of benzene rings is 1. The van der Waals surface area contributed by atoms with Crippen molar-refractivity contribution in [2.45, 2.75) is 24.8 Å². The Morgan fingerprint density at radius 2 is 2.00 bits per heavy atom. The fourth-order valence-corrected chi connectivity index (χ4v) is 2.95. The van der Waals surface area contributed by atoms with Gasteiger partial charge in [0.2, 0.25) is 0 Å². The van der Waals surface area contributed by atoms with Crippen LogP contribution in [0.15, 0.2) is 30.3 Å². The minimum absolute atomic E-state index is 0.376. The second-order valence-electron chi connectivity index (χ2n) is 4.29. The molecule has 1 saturated heterocycles. The van der Waals surface area contributed by atoms with Gasteiger partial charge in [0.15, 0.2) is 0 Å². The van der Waals surface area contributed by atoms with Crippen molar-refractivity contribution in [2.24, 2.45) is 5.92 Å². The summed E-state index contributed by atoms with van der Waals surface area (Å²) in [6, 6.07) is 10.9. The molecule has 1 aromatic carbocycles. The summed E-state index contributed by atoms with van der Waals surface area (Å²) < 4.78 is 0. The van der Waals surface area contributed by atoms with Crippen molar-refractivity contribution in [3.8, 4) is 0 Å². The van der Waals surface area contributed by atoms with E-state index in [4.69, 9.17) is 0 Å². The highest BCUT2D eigenvalue weighted by Crippen LogP contribution is 2.51. The van der Waals surface area contributed by atoms with Crippen LogP contribution >= 0.6 is 0 Å². The Balaban J connectivity index is 2.00. The molecule has 2 unspecified atom stereocenters. The molecule has 2 fully saturated rings. The maximum absolute atomic E-state index is 3.69. The van der Waals surface area contributed by atoms with E-state index >= 15 is 0 Å². The summed E-state index contributed by atoms with van der Waals surface area (Å²) in [5.74, 6) is 0.912. The van der Waals surface area contributed by atoms with Crippen LogP contribution in [0.3, 0.4) is 0 Å². The second kappa shape index (κ2) is 2.58. The van der Waals surface area contributed by atoms with Gasteiger partial charge in [-0.3, -0.25) is 0 Å². The van der Waals surface area contributed by atoms with Gasteiger partial charge < -0.3 is 5.32 Å². The molecule has 0 bridgehead atoms. The lowest BCUT2D eigenvalue weighted by atomic mass is 9.64. The molecule has 0 aromatic heterocycles. The lowest BCUT2D eigenvalue weighted by molar-refractivity contribution is 0.136. The highest BCUT2D eigenvalue weighted by atomic mass is 15.0. The van der Waals surface area contributed by atoms with Crippen LogP contribution in [0.4, 0.5) is 0 Å². The van der Waals surface area contributed by atoms with Gasteiger partial charge in [0, 0.05) is 5.54 Å². The Kier molecular flexibility index (Phi) is 1.50. The first kappa shape index (κ1) is 7.57. The van der Waals surface area contributed by atoms with E-state index in [2.05, 4.69) is 35.6 Å². The van der Waals surface area contributed by atoms with Gasteiger partial charge in [-0.25, -0.2) is 0 Å². The Bertz CT molecular complexity index is 306. The summed E-state index contributed by atoms with van der Waals surface area (Å²) in [5.41, 5.74) is 1.88. The Morgan fingerprint density at radius 3 is 2.62 bits per heavy atom. The summed E-state index contributed by atoms with van der Waals surface area (Å²) in [5, 5.41) is 3.69. The van der Waals surface area contributed by atoms with Crippen molar-refractivity contribution >= 4 is 0 Å². The van der Waals surface area contributed by atoms with Crippen molar-refractivity contribution in [2.75, 3.05) is 6.54 Å². The van der Waals surface area contributed by atoms with E-state index in [1.165, 1.54) is 31.4 Å². The minimum atomic E-state index is 0.376. The summed E-state index contributed by atoms with van der Waals surface area (Å²) in [6.45, 7) is 1.21. The van der Waals surface area contributed by atoms with Crippen LogP contribution in [-0.4, -0.2) is 6.54 Å². The van der Waals surface area contributed by atoms with Crippen LogP contribution in [-0.2, 0) is 5.54 Å². The highest BCUT2D eigenvalue weighted by Gasteiger charge is 2.50. The Labute approximate surface area is 79.2 Å². The van der Waals surface area contributed by atoms with E-state index in [-0.39, 0.29) is 0 Å². The molecule has 1 nitrogen and oxygen atoms in total. The molecule has 1 aromatic rings. The van der Waals surface area contributed by atoms with Crippen molar-refractivity contribution in [3.05, 3.63) is 35.9 Å². The van der Waals surface area contributed by atoms with Gasteiger partial charge in [0.25, 0.3) is 0 Å². The predicted molar refractivity (Wildman–Crippen MR) is 53.5 cm³/mol. The molecule has 68 valence electrons. The second-order valence-corrected chi connectivity index (χ2v) is 4.29. The summed E-state index contributed by atoms with van der Waals surface area (Å²) >= 11 is 0. The first-order valence-electron chi connectivity index (χ1n) is 5.22. The van der Waals surface area contributed by atoms with Crippen LogP contribution < -0.4 is 5.32 Å². The number of hydrogen-bond acceptors (Lipinski definition) is 1. The maximum atomic E-state index is 3.69. The summed E-state index contributed by atoms with van der Waals surface area (Å²) in [7, 11) is 0. The molecule has 2 atom stereocenters. The van der Waals surface area contributed by atoms with Crippen molar-refractivity contribution < 1.29 is 0 Å². The fraction of sp³-hybridized carbons (Fsp3) is 0.500. The van der Waals surface area contributed by atoms with Crippen LogP contribution in [0.5, 0.6) is 0 Å². The average molecular weight is 173 g/mol. The molecule has 1 aliphatic carbocycles. The SMILES string of the molecule is c1ccc(C23CCC2CCN3)cc1. The van der Waals surface area contributed by atoms with Crippen LogP contribution in [0.25, 0.3) is 0 Å². The van der Waals surface area contributed by atoms with E-state index < -0.39 is 0 Å². The molecule has 1 heterocycles. The van der Waals surface area contributed by atoms with E-state index in [0.29, 0.717) is 5.54 Å². The molecule has 0 radical (unpaired) electrons. The quantitative estimate of drug-likeness (QED) is 0.687. The van der Waals surface area contributed by atoms with Crippen molar-refractivity contribution in [1.82, 2.24) is 5.32 Å². The Hall–Kier alpha value is -0.820. The molecule has 0 spiro atoms. The molecular weight excluding hydrogens is 158 g/mol. The van der Waals surface area contributed by atoms with Crippen molar-refractivity contribution in [1.29, 1.82) is 0 Å². The van der Waals surface area contributed by atoms with Crippen molar-refractivity contribution in [3.63, 3.8) is 0 Å². The molecular formula is C12H15N. The van der Waals surface area contributed by atoms with Gasteiger partial charge in [-0.2, -0.15) is 0 Å².